The van der Waals surface area contributed by atoms with Crippen molar-refractivity contribution in [3.8, 4) is 0 Å². The number of quaternary nitrogens is 1. The fourth-order valence-corrected chi connectivity index (χ4v) is 3.57. The maximum Gasteiger partial charge on any atom is 0.472 e. The smallest absolute Gasteiger partial charge is 0.387 e. The van der Waals surface area contributed by atoms with Gasteiger partial charge in [0, 0.05) is 0 Å². The number of phosphoric acid groups is 1. The van der Waals surface area contributed by atoms with Crippen molar-refractivity contribution in [2.24, 2.45) is 11.7 Å². The van der Waals surface area contributed by atoms with Crippen LogP contribution in [0.4, 0.5) is 0 Å². The first kappa shape index (κ1) is 29.7. The van der Waals surface area contributed by atoms with Crippen LogP contribution in [0.25, 0.3) is 0 Å². The van der Waals surface area contributed by atoms with E-state index in [0.717, 1.165) is 18.8 Å². The molecule has 7 nitrogen and oxygen atoms in total. The van der Waals surface area contributed by atoms with E-state index in [4.69, 9.17) is 14.8 Å². The van der Waals surface area contributed by atoms with Crippen molar-refractivity contribution in [1.29, 1.82) is 0 Å². The predicted octanol–water partition coefficient (Wildman–Crippen LogP) is 4.24. The lowest BCUT2D eigenvalue weighted by molar-refractivity contribution is -0.870. The van der Waals surface area contributed by atoms with Crippen molar-refractivity contribution in [3.05, 3.63) is 12.2 Å². The number of unbranched alkanes of at least 4 members (excludes halogenated alkanes) is 7. The van der Waals surface area contributed by atoms with Gasteiger partial charge in [-0.25, -0.2) is 4.57 Å². The molecule has 0 fully saturated rings. The van der Waals surface area contributed by atoms with Gasteiger partial charge < -0.3 is 20.2 Å². The Morgan fingerprint density at radius 2 is 1.57 bits per heavy atom. The molecule has 1 unspecified atom stereocenters. The van der Waals surface area contributed by atoms with Gasteiger partial charge >= 0.3 is 7.82 Å². The number of hydrogen-bond donors (Lipinski definition) is 3. The van der Waals surface area contributed by atoms with Gasteiger partial charge in [-0.2, -0.15) is 0 Å². The van der Waals surface area contributed by atoms with E-state index in [0.29, 0.717) is 11.0 Å². The monoisotopic (exact) mass is 451 g/mol. The summed E-state index contributed by atoms with van der Waals surface area (Å²) in [5.41, 5.74) is 5.84. The molecule has 0 saturated heterocycles. The minimum atomic E-state index is -4.16. The first-order valence-corrected chi connectivity index (χ1v) is 12.9. The number of nitrogens with two attached hydrogens (primary N) is 1. The molecule has 30 heavy (non-hydrogen) atoms. The highest BCUT2D eigenvalue weighted by Gasteiger charge is 2.25. The van der Waals surface area contributed by atoms with Crippen LogP contribution in [0, 0.1) is 5.92 Å². The highest BCUT2D eigenvalue weighted by molar-refractivity contribution is 7.47. The average Bonchev–Trinajstić information content (AvgIpc) is 2.62. The Hall–Kier alpha value is -0.270. The van der Waals surface area contributed by atoms with E-state index in [9.17, 15) is 14.6 Å². The fraction of sp³-hybridized carbons (Fsp3) is 0.909. The molecule has 0 aromatic rings. The number of nitrogens with zero attached hydrogens (tertiary/aromatic N) is 1. The molecule has 0 radical (unpaired) electrons. The van der Waals surface area contributed by atoms with E-state index >= 15 is 0 Å². The lowest BCUT2D eigenvalue weighted by Gasteiger charge is -2.24. The predicted molar refractivity (Wildman–Crippen MR) is 124 cm³/mol. The van der Waals surface area contributed by atoms with Gasteiger partial charge in [-0.1, -0.05) is 70.9 Å². The first-order valence-electron chi connectivity index (χ1n) is 11.5. The van der Waals surface area contributed by atoms with Gasteiger partial charge in [0.15, 0.2) is 0 Å². The molecule has 0 saturated carbocycles. The highest BCUT2D eigenvalue weighted by atomic mass is 31.2. The quantitative estimate of drug-likeness (QED) is 0.118. The molecule has 0 aliphatic heterocycles. The number of phosphoric ester groups is 1. The Balaban J connectivity index is 3.80. The van der Waals surface area contributed by atoms with E-state index in [-0.39, 0.29) is 13.2 Å². The standard InChI is InChI=1S/C22H47N2O5P/c1-20(2)15-13-11-9-7-6-8-10-12-14-16-22(25)21(23)19-29-30(26,27)28-18-17-24(3,4)5/h14,16,20-22,25H,6-13,15,17-19,23H2,1-5H3/p+1/b16-14+/t21-,22+/m0/s1. The van der Waals surface area contributed by atoms with Crippen LogP contribution >= 0.6 is 7.82 Å². The second-order valence-electron chi connectivity index (χ2n) is 9.64. The second kappa shape index (κ2) is 16.4. The van der Waals surface area contributed by atoms with E-state index in [1.807, 2.05) is 27.2 Å². The molecular formula is C22H48N2O5P+. The normalized spacial score (nSPS) is 16.8. The number of hydrogen-bond acceptors (Lipinski definition) is 5. The van der Waals surface area contributed by atoms with Crippen LogP contribution in [0.3, 0.4) is 0 Å². The van der Waals surface area contributed by atoms with Crippen LogP contribution in [-0.4, -0.2) is 67.5 Å². The minimum Gasteiger partial charge on any atom is -0.387 e. The van der Waals surface area contributed by atoms with Crippen molar-refractivity contribution in [1.82, 2.24) is 0 Å². The molecule has 8 heteroatoms. The maximum atomic E-state index is 11.8. The fourth-order valence-electron chi connectivity index (χ4n) is 2.82. The summed E-state index contributed by atoms with van der Waals surface area (Å²) in [6.45, 7) is 4.98. The van der Waals surface area contributed by atoms with Crippen LogP contribution in [-0.2, 0) is 13.6 Å². The van der Waals surface area contributed by atoms with Gasteiger partial charge in [-0.05, 0) is 18.8 Å². The van der Waals surface area contributed by atoms with Gasteiger partial charge in [0.05, 0.1) is 39.9 Å². The van der Waals surface area contributed by atoms with Crippen molar-refractivity contribution in [3.63, 3.8) is 0 Å². The van der Waals surface area contributed by atoms with E-state index in [2.05, 4.69) is 13.8 Å². The zero-order valence-corrected chi connectivity index (χ0v) is 20.9. The van der Waals surface area contributed by atoms with Gasteiger partial charge in [0.1, 0.15) is 13.2 Å². The summed E-state index contributed by atoms with van der Waals surface area (Å²) in [5, 5.41) is 10.1. The van der Waals surface area contributed by atoms with Crippen LogP contribution in [0.5, 0.6) is 0 Å². The molecule has 0 aromatic carbocycles. The molecule has 0 aliphatic carbocycles. The highest BCUT2D eigenvalue weighted by Crippen LogP contribution is 2.43. The Morgan fingerprint density at radius 3 is 2.13 bits per heavy atom. The lowest BCUT2D eigenvalue weighted by atomic mass is 10.0. The number of likely N-dealkylation sites (N-methyl/N-ethyl adjacent to an activating group) is 1. The molecule has 4 N–H and O–H groups in total. The lowest BCUT2D eigenvalue weighted by Crippen LogP contribution is -2.38. The van der Waals surface area contributed by atoms with Crippen molar-refractivity contribution in [2.75, 3.05) is 40.9 Å². The SMILES string of the molecule is CC(C)CCCCCCCCC/C=C/[C@@H](O)[C@@H](N)COP(=O)(O)OCC[N+](C)(C)C. The Bertz CT molecular complexity index is 494. The van der Waals surface area contributed by atoms with Crippen LogP contribution in [0.1, 0.15) is 71.6 Å². The Kier molecular flexibility index (Phi) is 16.2. The van der Waals surface area contributed by atoms with Gasteiger partial charge in [-0.15, -0.1) is 0 Å². The molecule has 0 spiro atoms. The summed E-state index contributed by atoms with van der Waals surface area (Å²) in [6, 6.07) is -0.783. The molecule has 0 aromatic heterocycles. The van der Waals surface area contributed by atoms with E-state index < -0.39 is 20.0 Å². The van der Waals surface area contributed by atoms with Gasteiger partial charge in [0.25, 0.3) is 0 Å². The molecule has 0 heterocycles. The number of rotatable bonds is 19. The van der Waals surface area contributed by atoms with Crippen molar-refractivity contribution in [2.45, 2.75) is 83.8 Å². The van der Waals surface area contributed by atoms with E-state index in [1.165, 1.54) is 44.9 Å². The number of aliphatic hydroxyl groups is 1. The van der Waals surface area contributed by atoms with Crippen molar-refractivity contribution >= 4 is 7.82 Å². The zero-order valence-electron chi connectivity index (χ0n) is 20.0. The third-order valence-corrected chi connectivity index (χ3v) is 5.86. The topological polar surface area (TPSA) is 102 Å². The first-order chi connectivity index (χ1) is 13.9. The molecule has 0 bridgehead atoms. The van der Waals surface area contributed by atoms with Gasteiger partial charge in [-0.3, -0.25) is 9.05 Å². The summed E-state index contributed by atoms with van der Waals surface area (Å²) in [5.74, 6) is 0.811. The molecular weight excluding hydrogens is 403 g/mol. The molecule has 180 valence electrons. The zero-order chi connectivity index (χ0) is 23.0. The molecule has 0 amide bonds. The second-order valence-corrected chi connectivity index (χ2v) is 11.1. The summed E-state index contributed by atoms with van der Waals surface area (Å²) >= 11 is 0. The molecule has 3 atom stereocenters. The Morgan fingerprint density at radius 1 is 1.00 bits per heavy atom. The largest absolute Gasteiger partial charge is 0.472 e. The third kappa shape index (κ3) is 19.7. The summed E-state index contributed by atoms with van der Waals surface area (Å²) in [6.07, 6.45) is 13.7. The summed E-state index contributed by atoms with van der Waals surface area (Å²) in [7, 11) is 1.72. The maximum absolute atomic E-state index is 11.8. The van der Waals surface area contributed by atoms with E-state index in [1.54, 1.807) is 6.08 Å². The molecule has 0 aliphatic rings. The van der Waals surface area contributed by atoms with Crippen LogP contribution < -0.4 is 5.73 Å². The van der Waals surface area contributed by atoms with Gasteiger partial charge in [0.2, 0.25) is 0 Å². The Labute approximate surface area is 184 Å². The summed E-state index contributed by atoms with van der Waals surface area (Å²) < 4.78 is 22.3. The third-order valence-electron chi connectivity index (χ3n) is 4.87. The molecule has 0 rings (SSSR count). The summed E-state index contributed by atoms with van der Waals surface area (Å²) in [4.78, 5) is 9.68. The number of allylic oxidation sites excluding steroid dienone is 1. The van der Waals surface area contributed by atoms with Crippen molar-refractivity contribution < 1.29 is 28.1 Å². The minimum absolute atomic E-state index is 0.104. The number of aliphatic hydroxyl groups excluding tert-OH is 1. The van der Waals surface area contributed by atoms with Crippen LogP contribution in [0.15, 0.2) is 12.2 Å². The average molecular weight is 452 g/mol. The van der Waals surface area contributed by atoms with Crippen LogP contribution in [0.2, 0.25) is 0 Å².